The number of ketones is 4. The van der Waals surface area contributed by atoms with Gasteiger partial charge >= 0.3 is 0 Å². The van der Waals surface area contributed by atoms with E-state index < -0.39 is 35.0 Å². The Kier molecular flexibility index (Phi) is 5.19. The fourth-order valence-corrected chi connectivity index (χ4v) is 2.70. The van der Waals surface area contributed by atoms with Crippen LogP contribution < -0.4 is 0 Å². The summed E-state index contributed by atoms with van der Waals surface area (Å²) >= 11 is 0. The van der Waals surface area contributed by atoms with Crippen molar-refractivity contribution in [2.24, 2.45) is 5.41 Å². The van der Waals surface area contributed by atoms with Gasteiger partial charge in [-0.3, -0.25) is 19.2 Å². The largest absolute Gasteiger partial charge is 0.298 e. The summed E-state index contributed by atoms with van der Waals surface area (Å²) < 4.78 is 0. The van der Waals surface area contributed by atoms with E-state index in [1.165, 1.54) is 26.0 Å². The number of Topliss-reactive ketones (excluding diaryl/α,β-unsaturated/α-hetero) is 4. The molecule has 0 unspecified atom stereocenters. The standard InChI is InChI=1S/C20H18O4/c1-14(21)20(15(2)22,19(24)17-11-7-4-8-12-17)13-18(23)16-9-5-3-6-10-16/h3-12H,13H2,1-2H3. The molecule has 0 aliphatic rings. The lowest BCUT2D eigenvalue weighted by Gasteiger charge is -2.26. The highest BCUT2D eigenvalue weighted by Gasteiger charge is 2.49. The van der Waals surface area contributed by atoms with Crippen LogP contribution in [0.15, 0.2) is 60.7 Å². The van der Waals surface area contributed by atoms with Crippen molar-refractivity contribution in [1.29, 1.82) is 0 Å². The van der Waals surface area contributed by atoms with Gasteiger partial charge in [0.15, 0.2) is 28.5 Å². The summed E-state index contributed by atoms with van der Waals surface area (Å²) in [6.07, 6.45) is -0.463. The van der Waals surface area contributed by atoms with E-state index in [1.54, 1.807) is 48.5 Å². The van der Waals surface area contributed by atoms with Crippen LogP contribution in [0.25, 0.3) is 0 Å². The summed E-state index contributed by atoms with van der Waals surface area (Å²) in [6, 6.07) is 16.4. The first-order chi connectivity index (χ1) is 11.4. The predicted molar refractivity (Wildman–Crippen MR) is 90.0 cm³/mol. The molecule has 2 aromatic carbocycles. The van der Waals surface area contributed by atoms with E-state index in [4.69, 9.17) is 0 Å². The maximum Gasteiger partial charge on any atom is 0.184 e. The molecule has 0 aliphatic heterocycles. The van der Waals surface area contributed by atoms with E-state index >= 15 is 0 Å². The minimum absolute atomic E-state index is 0.240. The zero-order chi connectivity index (χ0) is 17.7. The van der Waals surface area contributed by atoms with E-state index in [9.17, 15) is 19.2 Å². The van der Waals surface area contributed by atoms with Crippen LogP contribution in [0.5, 0.6) is 0 Å². The van der Waals surface area contributed by atoms with Crippen LogP contribution in [0.1, 0.15) is 41.0 Å². The van der Waals surface area contributed by atoms with Gasteiger partial charge in [0.05, 0.1) is 0 Å². The second-order valence-corrected chi connectivity index (χ2v) is 5.68. The minimum atomic E-state index is -1.98. The molecular weight excluding hydrogens is 304 g/mol. The average molecular weight is 322 g/mol. The van der Waals surface area contributed by atoms with Crippen molar-refractivity contribution < 1.29 is 19.2 Å². The third kappa shape index (κ3) is 3.23. The average Bonchev–Trinajstić information content (AvgIpc) is 2.59. The summed E-state index contributed by atoms with van der Waals surface area (Å²) in [5.74, 6) is -2.28. The summed E-state index contributed by atoms with van der Waals surface area (Å²) in [4.78, 5) is 50.1. The van der Waals surface area contributed by atoms with E-state index in [2.05, 4.69) is 0 Å². The molecule has 122 valence electrons. The number of benzene rings is 2. The molecule has 0 aliphatic carbocycles. The Hall–Kier alpha value is -2.88. The molecule has 0 N–H and O–H groups in total. The van der Waals surface area contributed by atoms with Crippen molar-refractivity contribution in [1.82, 2.24) is 0 Å². The van der Waals surface area contributed by atoms with Gasteiger partial charge in [-0.1, -0.05) is 60.7 Å². The molecule has 0 fully saturated rings. The number of carbonyl (C=O) groups is 4. The number of hydrogen-bond donors (Lipinski definition) is 0. The minimum Gasteiger partial charge on any atom is -0.298 e. The molecule has 0 spiro atoms. The van der Waals surface area contributed by atoms with Crippen LogP contribution in [0.4, 0.5) is 0 Å². The van der Waals surface area contributed by atoms with Crippen LogP contribution in [-0.2, 0) is 9.59 Å². The SMILES string of the molecule is CC(=O)C(CC(=O)c1ccccc1)(C(C)=O)C(=O)c1ccccc1. The number of rotatable bonds is 7. The van der Waals surface area contributed by atoms with Gasteiger partial charge in [0, 0.05) is 17.5 Å². The van der Waals surface area contributed by atoms with Crippen molar-refractivity contribution in [3.8, 4) is 0 Å². The monoisotopic (exact) mass is 322 g/mol. The third-order valence-corrected chi connectivity index (χ3v) is 4.15. The normalized spacial score (nSPS) is 10.9. The van der Waals surface area contributed by atoms with E-state index in [0.717, 1.165) is 0 Å². The molecule has 0 amide bonds. The molecule has 24 heavy (non-hydrogen) atoms. The van der Waals surface area contributed by atoms with Gasteiger partial charge < -0.3 is 0 Å². The van der Waals surface area contributed by atoms with E-state index in [1.807, 2.05) is 0 Å². The molecule has 0 saturated heterocycles. The van der Waals surface area contributed by atoms with Gasteiger partial charge in [0.25, 0.3) is 0 Å². The highest BCUT2D eigenvalue weighted by atomic mass is 16.2. The van der Waals surface area contributed by atoms with Crippen molar-refractivity contribution in [3.63, 3.8) is 0 Å². The van der Waals surface area contributed by atoms with Crippen LogP contribution in [0.3, 0.4) is 0 Å². The zero-order valence-corrected chi connectivity index (χ0v) is 13.6. The molecule has 4 nitrogen and oxygen atoms in total. The van der Waals surface area contributed by atoms with Crippen molar-refractivity contribution in [3.05, 3.63) is 71.8 Å². The van der Waals surface area contributed by atoms with Crippen molar-refractivity contribution in [2.45, 2.75) is 20.3 Å². The zero-order valence-electron chi connectivity index (χ0n) is 13.6. The molecule has 0 aromatic heterocycles. The molecule has 0 radical (unpaired) electrons. The molecule has 0 atom stereocenters. The fraction of sp³-hybridized carbons (Fsp3) is 0.200. The first kappa shape index (κ1) is 17.5. The fourth-order valence-electron chi connectivity index (χ4n) is 2.70. The number of carbonyl (C=O) groups excluding carboxylic acids is 4. The maximum atomic E-state index is 12.9. The Labute approximate surface area is 140 Å². The summed E-state index contributed by atoms with van der Waals surface area (Å²) in [5, 5.41) is 0. The molecule has 0 bridgehead atoms. The molecule has 4 heteroatoms. The lowest BCUT2D eigenvalue weighted by molar-refractivity contribution is -0.135. The molecule has 0 saturated carbocycles. The summed E-state index contributed by atoms with van der Waals surface area (Å²) in [5.41, 5.74) is -1.37. The summed E-state index contributed by atoms with van der Waals surface area (Å²) in [6.45, 7) is 2.36. The Morgan fingerprint density at radius 2 is 1.12 bits per heavy atom. The maximum absolute atomic E-state index is 12.9. The molecule has 2 rings (SSSR count). The van der Waals surface area contributed by atoms with E-state index in [-0.39, 0.29) is 5.56 Å². The lowest BCUT2D eigenvalue weighted by atomic mass is 9.70. The lowest BCUT2D eigenvalue weighted by Crippen LogP contribution is -2.46. The Morgan fingerprint density at radius 1 is 0.708 bits per heavy atom. The van der Waals surface area contributed by atoms with Crippen LogP contribution in [-0.4, -0.2) is 23.1 Å². The molecular formula is C20H18O4. The van der Waals surface area contributed by atoms with Crippen LogP contribution >= 0.6 is 0 Å². The van der Waals surface area contributed by atoms with Crippen LogP contribution in [0, 0.1) is 5.41 Å². The first-order valence-corrected chi connectivity index (χ1v) is 7.59. The van der Waals surface area contributed by atoms with Gasteiger partial charge in [0.2, 0.25) is 0 Å². The third-order valence-electron chi connectivity index (χ3n) is 4.15. The van der Waals surface area contributed by atoms with Gasteiger partial charge in [-0.2, -0.15) is 0 Å². The van der Waals surface area contributed by atoms with Crippen LogP contribution in [0.2, 0.25) is 0 Å². The predicted octanol–water partition coefficient (Wildman–Crippen LogP) is 3.31. The number of hydrogen-bond acceptors (Lipinski definition) is 4. The second kappa shape index (κ2) is 7.13. The second-order valence-electron chi connectivity index (χ2n) is 5.68. The molecule has 2 aromatic rings. The topological polar surface area (TPSA) is 68.3 Å². The van der Waals surface area contributed by atoms with Gasteiger partial charge in [-0.25, -0.2) is 0 Å². The van der Waals surface area contributed by atoms with Crippen molar-refractivity contribution in [2.75, 3.05) is 0 Å². The highest BCUT2D eigenvalue weighted by Crippen LogP contribution is 2.31. The van der Waals surface area contributed by atoms with Gasteiger partial charge in [0.1, 0.15) is 0 Å². The highest BCUT2D eigenvalue weighted by molar-refractivity contribution is 6.30. The smallest absolute Gasteiger partial charge is 0.184 e. The van der Waals surface area contributed by atoms with E-state index in [0.29, 0.717) is 5.56 Å². The quantitative estimate of drug-likeness (QED) is 0.579. The van der Waals surface area contributed by atoms with Crippen molar-refractivity contribution >= 4 is 23.1 Å². The van der Waals surface area contributed by atoms with Gasteiger partial charge in [-0.15, -0.1) is 0 Å². The Balaban J connectivity index is 2.48. The first-order valence-electron chi connectivity index (χ1n) is 7.59. The Morgan fingerprint density at radius 3 is 1.54 bits per heavy atom. The Bertz CT molecular complexity index is 762. The summed E-state index contributed by atoms with van der Waals surface area (Å²) in [7, 11) is 0. The molecule has 0 heterocycles. The van der Waals surface area contributed by atoms with Gasteiger partial charge in [-0.05, 0) is 13.8 Å².